The van der Waals surface area contributed by atoms with E-state index in [9.17, 15) is 39.6 Å². The number of aromatic nitrogens is 1. The van der Waals surface area contributed by atoms with Gasteiger partial charge in [0.1, 0.15) is 40.2 Å². The van der Waals surface area contributed by atoms with Crippen molar-refractivity contribution >= 4 is 62.0 Å². The molecule has 0 aliphatic carbocycles. The van der Waals surface area contributed by atoms with Crippen molar-refractivity contribution in [3.8, 4) is 5.75 Å². The predicted molar refractivity (Wildman–Crippen MR) is 212 cm³/mol. The molecular weight excluding hydrogens is 899 g/mol. The van der Waals surface area contributed by atoms with E-state index >= 15 is 0 Å². The monoisotopic (exact) mass is 947 g/mol. The summed E-state index contributed by atoms with van der Waals surface area (Å²) in [6.45, 7) is 9.30. The Labute approximate surface area is 365 Å². The minimum atomic E-state index is -5.19. The van der Waals surface area contributed by atoms with Crippen molar-refractivity contribution in [3.63, 3.8) is 0 Å². The number of aryl methyl sites for hydroxylation is 2. The molecule has 5 rings (SSSR count). The van der Waals surface area contributed by atoms with Gasteiger partial charge in [-0.25, -0.2) is 13.4 Å². The zero-order valence-corrected chi connectivity index (χ0v) is 37.2. The number of alkyl halides is 6. The van der Waals surface area contributed by atoms with Crippen molar-refractivity contribution in [2.24, 2.45) is 0 Å². The lowest BCUT2D eigenvalue weighted by Gasteiger charge is -2.46. The second kappa shape index (κ2) is 20.7. The van der Waals surface area contributed by atoms with Crippen LogP contribution < -0.4 is 19.7 Å². The molecular formula is C39H49Cl2F6N5O9S. The average molecular weight is 949 g/mol. The highest BCUT2D eigenvalue weighted by atomic mass is 35.5. The van der Waals surface area contributed by atoms with Gasteiger partial charge in [0.15, 0.2) is 0 Å². The maximum Gasteiger partial charge on any atom is 0.430 e. The maximum atomic E-state index is 14.2. The Bertz CT molecular complexity index is 2170. The summed E-state index contributed by atoms with van der Waals surface area (Å²) in [5, 5.41) is 18.7. The van der Waals surface area contributed by atoms with Crippen LogP contribution in [0.1, 0.15) is 36.1 Å². The normalized spacial score (nSPS) is 16.6. The van der Waals surface area contributed by atoms with E-state index in [1.807, 2.05) is 43.0 Å². The smallest absolute Gasteiger partial charge is 0.430 e. The second-order valence-electron chi connectivity index (χ2n) is 16.2. The number of likely N-dealkylation sites (N-methyl/N-ethyl adjacent to an activating group) is 1. The Balaban J connectivity index is 0.000000629. The summed E-state index contributed by atoms with van der Waals surface area (Å²) in [4.78, 5) is 38.1. The summed E-state index contributed by atoms with van der Waals surface area (Å²) in [5.74, 6) is -5.69. The fraction of sp³-hybridized carbons (Fsp3) is 0.538. The molecule has 14 nitrogen and oxygen atoms in total. The number of ether oxygens (including phenoxy) is 2. The molecule has 2 saturated heterocycles. The summed E-state index contributed by atoms with van der Waals surface area (Å²) >= 11 is 13.4. The first-order chi connectivity index (χ1) is 28.4. The van der Waals surface area contributed by atoms with Crippen LogP contribution >= 0.6 is 23.2 Å². The first kappa shape index (κ1) is 52.4. The quantitative estimate of drug-likeness (QED) is 0.221. The van der Waals surface area contributed by atoms with Crippen molar-refractivity contribution in [3.05, 3.63) is 63.3 Å². The minimum absolute atomic E-state index is 0.0508. The molecule has 23 heteroatoms. The fourth-order valence-corrected chi connectivity index (χ4v) is 9.04. The minimum Gasteiger partial charge on any atom is -0.542 e. The van der Waals surface area contributed by atoms with Crippen LogP contribution in [0.15, 0.2) is 41.3 Å². The van der Waals surface area contributed by atoms with Crippen LogP contribution in [0.25, 0.3) is 10.9 Å². The van der Waals surface area contributed by atoms with Crippen LogP contribution in [0.2, 0.25) is 10.0 Å². The fourth-order valence-electron chi connectivity index (χ4n) is 6.73. The van der Waals surface area contributed by atoms with E-state index in [1.54, 1.807) is 0 Å². The Kier molecular flexibility index (Phi) is 17.5. The number of rotatable bonds is 11. The predicted octanol–water partition coefficient (Wildman–Crippen LogP) is 3.55. The molecule has 1 N–H and O–H groups in total. The lowest BCUT2D eigenvalue weighted by atomic mass is 9.89. The topological polar surface area (TPSA) is 178 Å². The van der Waals surface area contributed by atoms with Crippen molar-refractivity contribution in [2.75, 3.05) is 80.7 Å². The summed E-state index contributed by atoms with van der Waals surface area (Å²) in [6.07, 6.45) is -8.83. The highest BCUT2D eigenvalue weighted by molar-refractivity contribution is 7.89. The van der Waals surface area contributed by atoms with Gasteiger partial charge in [-0.3, -0.25) is 4.79 Å². The van der Waals surface area contributed by atoms with Gasteiger partial charge in [-0.1, -0.05) is 35.3 Å². The lowest BCUT2D eigenvalue weighted by molar-refractivity contribution is -0.920. The molecule has 0 radical (unpaired) electrons. The van der Waals surface area contributed by atoms with Gasteiger partial charge < -0.3 is 43.1 Å². The number of quaternary nitrogens is 2. The molecule has 62 heavy (non-hydrogen) atoms. The largest absolute Gasteiger partial charge is 0.542 e. The van der Waals surface area contributed by atoms with Gasteiger partial charge in [0.2, 0.25) is 15.9 Å². The standard InChI is InChI=1S/C35H49Cl2N5O5S.2C2HF3O2/c1-25-23-26(2)38-33-27(25)9-7-10-30(33)47-24-28-29(36)11-12-31(32(28)37)48(44,45)39-35(13-21-46-22-14-35)34(43)40-15-19-42(6,20-16-40)18-8-17-41(3,4)5;2*3-2(4,5)1(6)7/h7,9-12,23,39H,8,13-22,24H2,1-6H3;2*(H,6,7)/q+2;;/p-2. The van der Waals surface area contributed by atoms with E-state index < -0.39 is 39.9 Å². The molecule has 3 aromatic rings. The number of carbonyl (C=O) groups is 3. The Morgan fingerprint density at radius 1 is 0.968 bits per heavy atom. The molecule has 2 aliphatic rings. The third-order valence-electron chi connectivity index (χ3n) is 10.1. The number of hydrogen-bond donors (Lipinski definition) is 1. The van der Waals surface area contributed by atoms with Crippen LogP contribution in [-0.4, -0.2) is 144 Å². The van der Waals surface area contributed by atoms with Crippen LogP contribution in [0.4, 0.5) is 26.3 Å². The van der Waals surface area contributed by atoms with Crippen molar-refractivity contribution in [1.82, 2.24) is 14.6 Å². The molecule has 2 aromatic carbocycles. The van der Waals surface area contributed by atoms with E-state index in [0.29, 0.717) is 29.9 Å². The number of piperazine rings is 1. The van der Waals surface area contributed by atoms with Gasteiger partial charge in [-0.05, 0) is 56.5 Å². The number of fused-ring (bicyclic) bond motifs is 1. The number of nitrogens with zero attached hydrogens (tertiary/aromatic N) is 4. The van der Waals surface area contributed by atoms with Crippen LogP contribution in [0.5, 0.6) is 5.75 Å². The summed E-state index contributed by atoms with van der Waals surface area (Å²) < 4.78 is 108. The summed E-state index contributed by atoms with van der Waals surface area (Å²) in [5.41, 5.74) is 1.62. The number of sulfonamides is 1. The molecule has 0 unspecified atom stereocenters. The van der Waals surface area contributed by atoms with Gasteiger partial charge in [-0.2, -0.15) is 31.1 Å². The van der Waals surface area contributed by atoms with Gasteiger partial charge in [0.25, 0.3) is 0 Å². The number of carboxylic acids is 2. The van der Waals surface area contributed by atoms with Gasteiger partial charge in [0.05, 0.1) is 72.5 Å². The summed E-state index contributed by atoms with van der Waals surface area (Å²) in [6, 6.07) is 10.6. The molecule has 0 spiro atoms. The van der Waals surface area contributed by atoms with Gasteiger partial charge in [-0.15, -0.1) is 0 Å². The second-order valence-corrected chi connectivity index (χ2v) is 18.6. The van der Waals surface area contributed by atoms with Crippen molar-refractivity contribution in [2.45, 2.75) is 62.5 Å². The molecule has 0 saturated carbocycles. The molecule has 3 heterocycles. The van der Waals surface area contributed by atoms with Gasteiger partial charge >= 0.3 is 12.4 Å². The van der Waals surface area contributed by atoms with Crippen molar-refractivity contribution < 1.29 is 77.8 Å². The number of nitrogens with one attached hydrogen (secondary N) is 1. The number of carbonyl (C=O) groups excluding carboxylic acids is 3. The first-order valence-corrected chi connectivity index (χ1v) is 21.2. The zero-order valence-electron chi connectivity index (χ0n) is 34.8. The van der Waals surface area contributed by atoms with E-state index in [-0.39, 0.29) is 53.5 Å². The molecule has 0 bridgehead atoms. The Morgan fingerprint density at radius 3 is 2.03 bits per heavy atom. The van der Waals surface area contributed by atoms with Crippen LogP contribution in [0.3, 0.4) is 0 Å². The number of amides is 1. The Hall–Kier alpha value is -3.99. The number of pyridine rings is 1. The number of para-hydroxylation sites is 1. The first-order valence-electron chi connectivity index (χ1n) is 19.0. The van der Waals surface area contributed by atoms with E-state index in [1.165, 1.54) is 12.1 Å². The van der Waals surface area contributed by atoms with Crippen molar-refractivity contribution in [1.29, 1.82) is 0 Å². The third-order valence-corrected chi connectivity index (χ3v) is 12.6. The zero-order chi connectivity index (χ0) is 47.1. The number of halogens is 8. The van der Waals surface area contributed by atoms with Crippen LogP contribution in [0, 0.1) is 13.8 Å². The number of benzene rings is 2. The SMILES string of the molecule is Cc1cc(C)c2cccc(OCc3c(Cl)ccc(S(=O)(=O)NC4(C(=O)N5CC[N+](C)(CCC[N+](C)(C)C)CC5)CCOCC4)c3Cl)c2n1.O=C([O-])C(F)(F)F.O=C([O-])C(F)(F)F. The summed E-state index contributed by atoms with van der Waals surface area (Å²) in [7, 11) is 4.57. The van der Waals surface area contributed by atoms with E-state index in [0.717, 1.165) is 58.2 Å². The lowest BCUT2D eigenvalue weighted by Crippen LogP contribution is -2.66. The Morgan fingerprint density at radius 2 is 1.52 bits per heavy atom. The number of carboxylic acid groups (broad SMARTS) is 2. The van der Waals surface area contributed by atoms with E-state index in [4.69, 9.17) is 52.5 Å². The molecule has 1 amide bonds. The van der Waals surface area contributed by atoms with Crippen LogP contribution in [-0.2, 0) is 35.8 Å². The number of aliphatic carboxylic acids is 2. The highest BCUT2D eigenvalue weighted by Crippen LogP contribution is 2.35. The van der Waals surface area contributed by atoms with E-state index in [2.05, 4.69) is 37.9 Å². The number of hydrogen-bond acceptors (Lipinski definition) is 10. The molecule has 1 aromatic heterocycles. The molecule has 2 fully saturated rings. The molecule has 346 valence electrons. The highest BCUT2D eigenvalue weighted by Gasteiger charge is 2.48. The average Bonchev–Trinajstić information content (AvgIpc) is 3.14. The molecule has 2 aliphatic heterocycles. The third kappa shape index (κ3) is 14.5. The molecule has 0 atom stereocenters. The maximum absolute atomic E-state index is 14.2. The van der Waals surface area contributed by atoms with Gasteiger partial charge in [0, 0.05) is 41.3 Å².